The van der Waals surface area contributed by atoms with Gasteiger partial charge in [0, 0.05) is 0 Å². The van der Waals surface area contributed by atoms with Crippen LogP contribution in [-0.2, 0) is 4.79 Å². The monoisotopic (exact) mass is 345 g/mol. The summed E-state index contributed by atoms with van der Waals surface area (Å²) >= 11 is 0. The van der Waals surface area contributed by atoms with Gasteiger partial charge in [-0.15, -0.1) is 0 Å². The number of rotatable bonds is 6. The fraction of sp³-hybridized carbons (Fsp3) is 0.174. The molecule has 0 spiro atoms. The van der Waals surface area contributed by atoms with Gasteiger partial charge in [0.2, 0.25) is 0 Å². The van der Waals surface area contributed by atoms with Crippen molar-refractivity contribution in [1.82, 2.24) is 5.32 Å². The highest BCUT2D eigenvalue weighted by Gasteiger charge is 2.18. The quantitative estimate of drug-likeness (QED) is 0.608. The largest absolute Gasteiger partial charge is 0.465 e. The molecule has 0 aliphatic rings. The molecule has 1 atom stereocenters. The molecule has 0 bridgehead atoms. The molecule has 1 heterocycles. The zero-order valence-corrected chi connectivity index (χ0v) is 15.1. The summed E-state index contributed by atoms with van der Waals surface area (Å²) < 4.78 is 5.41. The Morgan fingerprint density at radius 2 is 1.77 bits per heavy atom. The molecule has 1 unspecified atom stereocenters. The van der Waals surface area contributed by atoms with Crippen molar-refractivity contribution < 1.29 is 9.21 Å². The van der Waals surface area contributed by atoms with Crippen LogP contribution in [-0.4, -0.2) is 5.91 Å². The van der Waals surface area contributed by atoms with Crippen molar-refractivity contribution in [2.45, 2.75) is 26.3 Å². The highest BCUT2D eigenvalue weighted by molar-refractivity contribution is 6.24. The van der Waals surface area contributed by atoms with Gasteiger partial charge in [-0.2, -0.15) is 0 Å². The molecule has 0 aliphatic carbocycles. The predicted molar refractivity (Wildman–Crippen MR) is 105 cm³/mol. The third-order valence-corrected chi connectivity index (χ3v) is 4.35. The molecule has 0 fully saturated rings. The molecule has 1 aromatic heterocycles. The summed E-state index contributed by atoms with van der Waals surface area (Å²) in [5.74, 6) is 0.544. The van der Waals surface area contributed by atoms with Crippen LogP contribution in [0.5, 0.6) is 0 Å². The minimum Gasteiger partial charge on any atom is -0.465 e. The maximum Gasteiger partial charge on any atom is 0.252 e. The molecule has 3 rings (SSSR count). The Morgan fingerprint density at radius 3 is 2.38 bits per heavy atom. The van der Waals surface area contributed by atoms with E-state index < -0.39 is 0 Å². The lowest BCUT2D eigenvalue weighted by Gasteiger charge is -2.19. The van der Waals surface area contributed by atoms with Crippen molar-refractivity contribution in [3.8, 4) is 0 Å². The van der Waals surface area contributed by atoms with Crippen LogP contribution in [0.3, 0.4) is 0 Å². The normalized spacial score (nSPS) is 12.6. The van der Waals surface area contributed by atoms with Crippen LogP contribution >= 0.6 is 0 Å². The molecule has 1 amide bonds. The summed E-state index contributed by atoms with van der Waals surface area (Å²) in [5, 5.41) is 3.16. The van der Waals surface area contributed by atoms with Crippen molar-refractivity contribution in [1.29, 1.82) is 0 Å². The first kappa shape index (κ1) is 17.7. The molecular weight excluding hydrogens is 322 g/mol. The lowest BCUT2D eigenvalue weighted by atomic mass is 10.0. The molecule has 132 valence electrons. The minimum absolute atomic E-state index is 0.0354. The third-order valence-electron chi connectivity index (χ3n) is 4.35. The van der Waals surface area contributed by atoms with Gasteiger partial charge in [0.1, 0.15) is 5.76 Å². The third kappa shape index (κ3) is 4.31. The Hall–Kier alpha value is -3.07. The smallest absolute Gasteiger partial charge is 0.252 e. The average molecular weight is 345 g/mol. The van der Waals surface area contributed by atoms with E-state index in [1.54, 1.807) is 12.3 Å². The summed E-state index contributed by atoms with van der Waals surface area (Å²) in [5.41, 5.74) is 3.76. The molecule has 2 aromatic carbocycles. The van der Waals surface area contributed by atoms with E-state index in [1.165, 1.54) is 5.56 Å². The van der Waals surface area contributed by atoms with Crippen LogP contribution in [0.2, 0.25) is 0 Å². The highest BCUT2D eigenvalue weighted by atomic mass is 16.3. The lowest BCUT2D eigenvalue weighted by Crippen LogP contribution is -2.28. The average Bonchev–Trinajstić information content (AvgIpc) is 3.19. The maximum absolute atomic E-state index is 13.1. The molecule has 0 aliphatic heterocycles. The first-order valence-electron chi connectivity index (χ1n) is 8.85. The first-order chi connectivity index (χ1) is 12.7. The Labute approximate surface area is 154 Å². The van der Waals surface area contributed by atoms with E-state index in [9.17, 15) is 4.79 Å². The Balaban J connectivity index is 1.88. The van der Waals surface area contributed by atoms with Crippen molar-refractivity contribution in [3.05, 3.63) is 95.4 Å². The van der Waals surface area contributed by atoms with Crippen LogP contribution in [0.15, 0.2) is 77.4 Å². The highest BCUT2D eigenvalue weighted by Crippen LogP contribution is 2.22. The lowest BCUT2D eigenvalue weighted by molar-refractivity contribution is -0.116. The van der Waals surface area contributed by atoms with Crippen molar-refractivity contribution in [3.63, 3.8) is 0 Å². The summed E-state index contributed by atoms with van der Waals surface area (Å²) in [6.45, 7) is 4.13. The van der Waals surface area contributed by atoms with Crippen LogP contribution in [0, 0.1) is 6.92 Å². The number of hydrogen-bond acceptors (Lipinski definition) is 2. The number of nitrogens with one attached hydrogen (secondary N) is 1. The Kier molecular flexibility index (Phi) is 5.69. The topological polar surface area (TPSA) is 42.2 Å². The summed E-state index contributed by atoms with van der Waals surface area (Å²) in [6.07, 6.45) is 4.21. The molecule has 3 heteroatoms. The van der Waals surface area contributed by atoms with Gasteiger partial charge >= 0.3 is 0 Å². The zero-order valence-electron chi connectivity index (χ0n) is 15.1. The number of hydrogen-bond donors (Lipinski definition) is 1. The van der Waals surface area contributed by atoms with E-state index in [2.05, 4.69) is 43.4 Å². The summed E-state index contributed by atoms with van der Waals surface area (Å²) in [4.78, 5) is 13.1. The molecule has 0 saturated heterocycles. The maximum atomic E-state index is 13.1. The predicted octanol–water partition coefficient (Wildman–Crippen LogP) is 5.40. The van der Waals surface area contributed by atoms with Crippen LogP contribution < -0.4 is 5.32 Å². The van der Waals surface area contributed by atoms with E-state index in [4.69, 9.17) is 4.42 Å². The first-order valence-corrected chi connectivity index (χ1v) is 8.85. The van der Waals surface area contributed by atoms with Gasteiger partial charge in [-0.05, 0) is 42.7 Å². The fourth-order valence-electron chi connectivity index (χ4n) is 2.87. The number of furan rings is 1. The summed E-state index contributed by atoms with van der Waals surface area (Å²) in [7, 11) is 0. The SMILES string of the molecule is CCC(NC(=O)/C(=C/c1ccco1)c1ccccc1)c1ccc(C)cc1. The van der Waals surface area contributed by atoms with E-state index in [1.807, 2.05) is 42.5 Å². The van der Waals surface area contributed by atoms with Gasteiger partial charge in [-0.25, -0.2) is 0 Å². The Morgan fingerprint density at radius 1 is 1.04 bits per heavy atom. The summed E-state index contributed by atoms with van der Waals surface area (Å²) in [6, 6.07) is 21.6. The van der Waals surface area contributed by atoms with Gasteiger partial charge in [0.15, 0.2) is 0 Å². The van der Waals surface area contributed by atoms with Crippen LogP contribution in [0.25, 0.3) is 11.6 Å². The fourth-order valence-corrected chi connectivity index (χ4v) is 2.87. The van der Waals surface area contributed by atoms with E-state index in [0.717, 1.165) is 17.5 Å². The number of carbonyl (C=O) groups excluding carboxylic acids is 1. The molecule has 0 radical (unpaired) electrons. The number of aryl methyl sites for hydroxylation is 1. The Bertz CT molecular complexity index is 862. The molecule has 26 heavy (non-hydrogen) atoms. The van der Waals surface area contributed by atoms with Crippen molar-refractivity contribution in [2.24, 2.45) is 0 Å². The molecular formula is C23H23NO2. The number of carbonyl (C=O) groups is 1. The van der Waals surface area contributed by atoms with Crippen molar-refractivity contribution in [2.75, 3.05) is 0 Å². The minimum atomic E-state index is -0.111. The molecule has 1 N–H and O–H groups in total. The molecule has 0 saturated carbocycles. The van der Waals surface area contributed by atoms with E-state index in [0.29, 0.717) is 11.3 Å². The van der Waals surface area contributed by atoms with E-state index >= 15 is 0 Å². The van der Waals surface area contributed by atoms with Crippen LogP contribution in [0.1, 0.15) is 41.8 Å². The molecule has 3 nitrogen and oxygen atoms in total. The second-order valence-electron chi connectivity index (χ2n) is 6.28. The van der Waals surface area contributed by atoms with Gasteiger partial charge < -0.3 is 9.73 Å². The van der Waals surface area contributed by atoms with Gasteiger partial charge in [0.25, 0.3) is 5.91 Å². The second-order valence-corrected chi connectivity index (χ2v) is 6.28. The van der Waals surface area contributed by atoms with Gasteiger partial charge in [-0.3, -0.25) is 4.79 Å². The number of amides is 1. The molecule has 3 aromatic rings. The van der Waals surface area contributed by atoms with Gasteiger partial charge in [0.05, 0.1) is 17.9 Å². The second kappa shape index (κ2) is 8.34. The zero-order chi connectivity index (χ0) is 18.4. The standard InChI is InChI=1S/C23H23NO2/c1-3-22(19-13-11-17(2)12-14-19)24-23(25)21(16-20-10-7-15-26-20)18-8-5-4-6-9-18/h4-16,22H,3H2,1-2H3,(H,24,25)/b21-16+. The number of benzene rings is 2. The van der Waals surface area contributed by atoms with Gasteiger partial charge in [-0.1, -0.05) is 67.1 Å². The van der Waals surface area contributed by atoms with Crippen molar-refractivity contribution >= 4 is 17.6 Å². The van der Waals surface area contributed by atoms with E-state index in [-0.39, 0.29) is 11.9 Å². The van der Waals surface area contributed by atoms with Crippen LogP contribution in [0.4, 0.5) is 0 Å².